The lowest BCUT2D eigenvalue weighted by molar-refractivity contribution is 0.0721. The van der Waals surface area contributed by atoms with E-state index in [1.54, 1.807) is 24.3 Å². The van der Waals surface area contributed by atoms with Crippen molar-refractivity contribution in [3.8, 4) is 11.1 Å². The van der Waals surface area contributed by atoms with Crippen molar-refractivity contribution in [1.29, 1.82) is 0 Å². The van der Waals surface area contributed by atoms with E-state index in [0.29, 0.717) is 11.1 Å². The minimum atomic E-state index is -0.762. The molecule has 2 atom stereocenters. The van der Waals surface area contributed by atoms with Gasteiger partial charge < -0.3 is 16.2 Å². The van der Waals surface area contributed by atoms with Gasteiger partial charge in [-0.25, -0.2) is 4.39 Å². The first-order chi connectivity index (χ1) is 9.51. The van der Waals surface area contributed by atoms with Gasteiger partial charge in [0.25, 0.3) is 0 Å². The Morgan fingerprint density at radius 2 is 1.80 bits per heavy atom. The van der Waals surface area contributed by atoms with Crippen molar-refractivity contribution in [2.75, 3.05) is 19.5 Å². The van der Waals surface area contributed by atoms with Crippen molar-refractivity contribution in [2.45, 2.75) is 12.1 Å². The van der Waals surface area contributed by atoms with Crippen LogP contribution in [0.3, 0.4) is 0 Å². The van der Waals surface area contributed by atoms with Crippen LogP contribution in [0.1, 0.15) is 11.7 Å². The van der Waals surface area contributed by atoms with E-state index in [1.165, 1.54) is 7.11 Å². The highest BCUT2D eigenvalue weighted by molar-refractivity contribution is 5.80. The summed E-state index contributed by atoms with van der Waals surface area (Å²) in [7, 11) is 1.45. The molecule has 2 rings (SSSR count). The Morgan fingerprint density at radius 1 is 1.20 bits per heavy atom. The van der Waals surface area contributed by atoms with Gasteiger partial charge in [-0.05, 0) is 11.1 Å². The summed E-state index contributed by atoms with van der Waals surface area (Å²) in [5.41, 5.74) is 11.3. The molecule has 2 aromatic carbocycles. The predicted molar refractivity (Wildman–Crippen MR) is 74.9 cm³/mol. The highest BCUT2D eigenvalue weighted by atomic mass is 19.1. The lowest BCUT2D eigenvalue weighted by Gasteiger charge is -2.20. The Hall–Kier alpha value is -2.05. The smallest absolute Gasteiger partial charge is 0.249 e. The largest absolute Gasteiger partial charge is 0.395 e. The Balaban J connectivity index is 2.31. The van der Waals surface area contributed by atoms with E-state index in [4.69, 9.17) is 16.2 Å². The summed E-state index contributed by atoms with van der Waals surface area (Å²) in [6.45, 7) is -0.703. The molecule has 20 heavy (non-hydrogen) atoms. The molecule has 6 heteroatoms. The summed E-state index contributed by atoms with van der Waals surface area (Å²) in [4.78, 5) is 22.5. The first-order valence-electron chi connectivity index (χ1n) is 6.04. The third-order valence-electron chi connectivity index (χ3n) is 3.30. The molecule has 2 unspecified atom stereocenters. The van der Waals surface area contributed by atoms with Gasteiger partial charge in [0.05, 0.1) is 23.4 Å². The summed E-state index contributed by atoms with van der Waals surface area (Å²) in [5.74, 6) is 0. The zero-order valence-corrected chi connectivity index (χ0v) is 10.9. The van der Waals surface area contributed by atoms with Crippen LogP contribution in [0.4, 0.5) is 10.1 Å². The average Bonchev–Trinajstić information content (AvgIpc) is 2.49. The van der Waals surface area contributed by atoms with Gasteiger partial charge in [0.15, 0.2) is 0 Å². The molecule has 0 fully saturated rings. The van der Waals surface area contributed by atoms with Crippen LogP contribution in [0.25, 0.3) is 11.1 Å². The minimum absolute atomic E-state index is 0.0218. The second-order valence-electron chi connectivity index (χ2n) is 4.54. The lowest BCUT2D eigenvalue weighted by atomic mass is 9.96. The molecule has 0 bridgehead atoms. The zero-order valence-electron chi connectivity index (χ0n) is 10.9. The van der Waals surface area contributed by atoms with Crippen LogP contribution in [0.2, 0.25) is 0 Å². The highest BCUT2D eigenvalue weighted by Gasteiger charge is 2.22. The molecule has 2 aromatic rings. The minimum Gasteiger partial charge on any atom is -0.395 e. The van der Waals surface area contributed by atoms with Gasteiger partial charge in [-0.15, -0.1) is 0 Å². The van der Waals surface area contributed by atoms with Crippen molar-refractivity contribution in [3.05, 3.63) is 50.3 Å². The molecule has 0 heterocycles. The van der Waals surface area contributed by atoms with Gasteiger partial charge in [-0.2, -0.15) is 0 Å². The van der Waals surface area contributed by atoms with Gasteiger partial charge in [0.2, 0.25) is 10.9 Å². The maximum atomic E-state index is 12.6. The normalized spacial score (nSPS) is 14.3. The maximum Gasteiger partial charge on any atom is 0.249 e. The van der Waals surface area contributed by atoms with E-state index in [1.807, 2.05) is 0 Å². The number of hydrogen-bond acceptors (Lipinski definition) is 5. The first-order valence-corrected chi connectivity index (χ1v) is 6.04. The standard InChI is InChI=1S/C14H15FN2O3/c1-20-14(9(16)6-15)8-4-2-7(3-5-8)10-11(17)13(19)12(10)18/h2-5,9,14H,6,16-17H2,1H3. The molecule has 4 N–H and O–H groups in total. The fourth-order valence-electron chi connectivity index (χ4n) is 2.17. The molecule has 106 valence electrons. The van der Waals surface area contributed by atoms with Crippen molar-refractivity contribution in [3.63, 3.8) is 0 Å². The number of benzene rings is 1. The van der Waals surface area contributed by atoms with Crippen LogP contribution in [-0.2, 0) is 4.74 Å². The van der Waals surface area contributed by atoms with Crippen LogP contribution < -0.4 is 22.3 Å². The van der Waals surface area contributed by atoms with Crippen molar-refractivity contribution < 1.29 is 9.13 Å². The van der Waals surface area contributed by atoms with Gasteiger partial charge in [0, 0.05) is 7.11 Å². The topological polar surface area (TPSA) is 95.4 Å². The van der Waals surface area contributed by atoms with Gasteiger partial charge in [0.1, 0.15) is 6.67 Å². The molecule has 0 amide bonds. The molecule has 5 nitrogen and oxygen atoms in total. The number of halogens is 1. The van der Waals surface area contributed by atoms with E-state index in [0.717, 1.165) is 0 Å². The SMILES string of the molecule is COC(c1ccc(-c2c(N)c(=O)c2=O)cc1)C(N)CF. The predicted octanol–water partition coefficient (Wildman–Crippen LogP) is 0.516. The summed E-state index contributed by atoms with van der Waals surface area (Å²) in [6, 6.07) is 5.87. The molecule has 0 saturated heterocycles. The van der Waals surface area contributed by atoms with Crippen LogP contribution in [0.15, 0.2) is 33.9 Å². The first kappa shape index (κ1) is 14.4. The average molecular weight is 278 g/mol. The second-order valence-corrected chi connectivity index (χ2v) is 4.54. The monoisotopic (exact) mass is 278 g/mol. The van der Waals surface area contributed by atoms with E-state index >= 15 is 0 Å². The number of nitrogens with two attached hydrogens (primary N) is 2. The van der Waals surface area contributed by atoms with Crippen molar-refractivity contribution >= 4 is 5.69 Å². The molecule has 0 aromatic heterocycles. The molecule has 0 aliphatic rings. The molecule has 0 aliphatic heterocycles. The molecule has 0 saturated carbocycles. The molecule has 0 spiro atoms. The number of alkyl halides is 1. The summed E-state index contributed by atoms with van der Waals surface area (Å²) in [6.07, 6.45) is -0.570. The summed E-state index contributed by atoms with van der Waals surface area (Å²) < 4.78 is 17.8. The van der Waals surface area contributed by atoms with E-state index in [2.05, 4.69) is 0 Å². The molecular formula is C14H15FN2O3. The maximum absolute atomic E-state index is 12.6. The fourth-order valence-corrected chi connectivity index (χ4v) is 2.17. The quantitative estimate of drug-likeness (QED) is 0.777. The molecule has 0 aliphatic carbocycles. The van der Waals surface area contributed by atoms with Crippen LogP contribution in [0, 0.1) is 0 Å². The highest BCUT2D eigenvalue weighted by Crippen LogP contribution is 2.25. The van der Waals surface area contributed by atoms with Gasteiger partial charge in [-0.3, -0.25) is 9.59 Å². The number of anilines is 1. The van der Waals surface area contributed by atoms with Crippen LogP contribution >= 0.6 is 0 Å². The number of nitrogen functional groups attached to an aromatic ring is 1. The zero-order chi connectivity index (χ0) is 14.9. The van der Waals surface area contributed by atoms with Crippen molar-refractivity contribution in [2.24, 2.45) is 5.73 Å². The molecule has 0 radical (unpaired) electrons. The van der Waals surface area contributed by atoms with E-state index in [-0.39, 0.29) is 11.3 Å². The number of methoxy groups -OCH3 is 1. The second kappa shape index (κ2) is 5.52. The Bertz CT molecular complexity index is 675. The number of hydrogen-bond donors (Lipinski definition) is 2. The van der Waals surface area contributed by atoms with E-state index < -0.39 is 29.7 Å². The van der Waals surface area contributed by atoms with Crippen molar-refractivity contribution in [1.82, 2.24) is 0 Å². The Labute approximate surface area is 114 Å². The summed E-state index contributed by atoms with van der Waals surface area (Å²) >= 11 is 0. The van der Waals surface area contributed by atoms with Crippen LogP contribution in [0.5, 0.6) is 0 Å². The Morgan fingerprint density at radius 3 is 2.25 bits per heavy atom. The van der Waals surface area contributed by atoms with E-state index in [9.17, 15) is 14.0 Å². The lowest BCUT2D eigenvalue weighted by Crippen LogP contribution is -2.35. The Kier molecular flexibility index (Phi) is 3.96. The van der Waals surface area contributed by atoms with Gasteiger partial charge in [-0.1, -0.05) is 24.3 Å². The molecular weight excluding hydrogens is 263 g/mol. The van der Waals surface area contributed by atoms with Crippen LogP contribution in [-0.4, -0.2) is 19.8 Å². The third-order valence-corrected chi connectivity index (χ3v) is 3.30. The number of rotatable bonds is 5. The fraction of sp³-hybridized carbons (Fsp3) is 0.286. The summed E-state index contributed by atoms with van der Waals surface area (Å²) in [5, 5.41) is 0. The van der Waals surface area contributed by atoms with Gasteiger partial charge >= 0.3 is 0 Å². The number of ether oxygens (including phenoxy) is 1. The third kappa shape index (κ3) is 2.23.